The minimum Gasteiger partial charge on any atom is -0.398 e. The summed E-state index contributed by atoms with van der Waals surface area (Å²) in [6, 6.07) is 4.24. The number of nitrogen functional groups attached to an aromatic ring is 1. The van der Waals surface area contributed by atoms with Gasteiger partial charge in [0.05, 0.1) is 16.5 Å². The molecule has 28 heavy (non-hydrogen) atoms. The van der Waals surface area contributed by atoms with Crippen molar-refractivity contribution in [2.75, 3.05) is 5.73 Å². The summed E-state index contributed by atoms with van der Waals surface area (Å²) < 4.78 is 54.4. The van der Waals surface area contributed by atoms with Gasteiger partial charge >= 0.3 is 0 Å². The first-order valence-corrected chi connectivity index (χ1v) is 8.28. The van der Waals surface area contributed by atoms with E-state index >= 15 is 0 Å². The number of halogens is 5. The van der Waals surface area contributed by atoms with Crippen LogP contribution in [0.15, 0.2) is 24.3 Å². The fourth-order valence-electron chi connectivity index (χ4n) is 3.46. The van der Waals surface area contributed by atoms with Crippen LogP contribution < -0.4 is 11.1 Å². The third kappa shape index (κ3) is 2.52. The summed E-state index contributed by atoms with van der Waals surface area (Å²) in [5.41, 5.74) is 2.42. The van der Waals surface area contributed by atoms with E-state index < -0.39 is 36.4 Å². The number of aliphatic hydroxyl groups is 1. The number of hydrogen-bond acceptors (Lipinski definition) is 4. The molecule has 3 aromatic rings. The van der Waals surface area contributed by atoms with Crippen LogP contribution in [0.1, 0.15) is 21.5 Å². The van der Waals surface area contributed by atoms with Crippen LogP contribution >= 0.6 is 11.6 Å². The van der Waals surface area contributed by atoms with E-state index in [1.807, 2.05) is 0 Å². The monoisotopic (exact) mass is 414 g/mol. The summed E-state index contributed by atoms with van der Waals surface area (Å²) >= 11 is 6.05. The second-order valence-electron chi connectivity index (χ2n) is 6.26. The van der Waals surface area contributed by atoms with Crippen molar-refractivity contribution < 1.29 is 27.5 Å². The Hall–Kier alpha value is -2.85. The third-order valence-electron chi connectivity index (χ3n) is 4.54. The van der Waals surface area contributed by atoms with Crippen LogP contribution in [-0.4, -0.2) is 27.2 Å². The van der Waals surface area contributed by atoms with E-state index in [0.717, 1.165) is 18.2 Å². The van der Waals surface area contributed by atoms with Crippen molar-refractivity contribution in [2.24, 2.45) is 0 Å². The Kier molecular flexibility index (Phi) is 4.02. The number of hydrogen-bond donors (Lipinski definition) is 3. The Bertz CT molecular complexity index is 1150. The van der Waals surface area contributed by atoms with Crippen molar-refractivity contribution in [3.8, 4) is 0 Å². The number of carbonyl (C=O) groups is 1. The van der Waals surface area contributed by atoms with Crippen molar-refractivity contribution >= 4 is 34.1 Å². The van der Waals surface area contributed by atoms with Gasteiger partial charge in [-0.05, 0) is 24.3 Å². The molecule has 2 aromatic carbocycles. The van der Waals surface area contributed by atoms with E-state index in [1.165, 1.54) is 6.07 Å². The molecular weight excluding hydrogens is 404 g/mol. The number of nitrogens with one attached hydrogen (secondary N) is 1. The zero-order valence-corrected chi connectivity index (χ0v) is 14.6. The first-order chi connectivity index (χ1) is 13.1. The zero-order chi connectivity index (χ0) is 20.4. The Labute approximate surface area is 159 Å². The van der Waals surface area contributed by atoms with Gasteiger partial charge < -0.3 is 16.2 Å². The lowest BCUT2D eigenvalue weighted by Gasteiger charge is -2.26. The lowest BCUT2D eigenvalue weighted by Crippen LogP contribution is -2.40. The van der Waals surface area contributed by atoms with Gasteiger partial charge in [-0.25, -0.2) is 13.2 Å². The number of rotatable bonds is 3. The van der Waals surface area contributed by atoms with E-state index in [0.29, 0.717) is 4.68 Å². The third-order valence-corrected chi connectivity index (χ3v) is 4.87. The number of aromatic nitrogens is 2. The predicted octanol–water partition coefficient (Wildman–Crippen LogP) is 2.75. The maximum Gasteiger partial charge on any atom is 0.257 e. The number of nitrogens with two attached hydrogens (primary N) is 1. The maximum absolute atomic E-state index is 14.4. The smallest absolute Gasteiger partial charge is 0.257 e. The molecule has 0 saturated heterocycles. The van der Waals surface area contributed by atoms with E-state index in [4.69, 9.17) is 17.3 Å². The molecule has 1 atom stereocenters. The van der Waals surface area contributed by atoms with Gasteiger partial charge in [0.25, 0.3) is 12.3 Å². The number of anilines is 1. The summed E-state index contributed by atoms with van der Waals surface area (Å²) in [5, 5.41) is 16.3. The summed E-state index contributed by atoms with van der Waals surface area (Å²) in [6.07, 6.45) is -2.83. The molecular formula is C17H11ClF4N4O2. The van der Waals surface area contributed by atoms with E-state index in [2.05, 4.69) is 10.4 Å². The van der Waals surface area contributed by atoms with Crippen LogP contribution in [0.3, 0.4) is 0 Å². The number of alkyl halides is 2. The molecule has 4 rings (SSSR count). The quantitative estimate of drug-likeness (QED) is 0.454. The van der Waals surface area contributed by atoms with Gasteiger partial charge in [0.15, 0.2) is 5.72 Å². The zero-order valence-electron chi connectivity index (χ0n) is 13.8. The normalized spacial score (nSPS) is 18.8. The Morgan fingerprint density at radius 2 is 2.04 bits per heavy atom. The molecule has 11 heteroatoms. The molecule has 1 aromatic heterocycles. The Morgan fingerprint density at radius 3 is 2.71 bits per heavy atom. The molecule has 0 fully saturated rings. The summed E-state index contributed by atoms with van der Waals surface area (Å²) in [6.45, 7) is -0.916. The van der Waals surface area contributed by atoms with Gasteiger partial charge in [-0.2, -0.15) is 4.39 Å². The summed E-state index contributed by atoms with van der Waals surface area (Å²) in [5.74, 6) is -2.87. The molecule has 2 heterocycles. The molecule has 1 amide bonds. The number of amides is 1. The lowest BCUT2D eigenvalue weighted by atomic mass is 9.91. The average molecular weight is 415 g/mol. The SMILES string of the molecule is Nc1cc2c(c(F)nn2CC(F)F)c2c1C(O)(c1cc(F)ccc1Cl)NC2=O. The average Bonchev–Trinajstić information content (AvgIpc) is 3.04. The van der Waals surface area contributed by atoms with Crippen LogP contribution in [0, 0.1) is 11.8 Å². The maximum atomic E-state index is 14.4. The van der Waals surface area contributed by atoms with Gasteiger partial charge in [-0.1, -0.05) is 11.6 Å². The van der Waals surface area contributed by atoms with Crippen molar-refractivity contribution in [1.29, 1.82) is 0 Å². The number of fused-ring (bicyclic) bond motifs is 3. The van der Waals surface area contributed by atoms with Crippen LogP contribution in [0.4, 0.5) is 23.2 Å². The number of carbonyl (C=O) groups excluding carboxylic acids is 1. The molecule has 0 spiro atoms. The van der Waals surface area contributed by atoms with E-state index in [1.54, 1.807) is 0 Å². The fraction of sp³-hybridized carbons (Fsp3) is 0.176. The molecule has 6 nitrogen and oxygen atoms in total. The highest BCUT2D eigenvalue weighted by Crippen LogP contribution is 2.44. The number of benzene rings is 2. The van der Waals surface area contributed by atoms with Crippen molar-refractivity contribution in [3.63, 3.8) is 0 Å². The molecule has 4 N–H and O–H groups in total. The minimum absolute atomic E-state index is 0.0783. The molecule has 0 bridgehead atoms. The second-order valence-corrected chi connectivity index (χ2v) is 6.67. The fourth-order valence-corrected chi connectivity index (χ4v) is 3.72. The van der Waals surface area contributed by atoms with Gasteiger partial charge in [0.2, 0.25) is 5.95 Å². The molecule has 0 saturated carbocycles. The van der Waals surface area contributed by atoms with Crippen molar-refractivity contribution in [3.05, 3.63) is 57.7 Å². The highest BCUT2D eigenvalue weighted by atomic mass is 35.5. The van der Waals surface area contributed by atoms with E-state index in [9.17, 15) is 27.5 Å². The van der Waals surface area contributed by atoms with Crippen molar-refractivity contribution in [1.82, 2.24) is 15.1 Å². The molecule has 1 unspecified atom stereocenters. The Balaban J connectivity index is 2.04. The minimum atomic E-state index is -2.83. The predicted molar refractivity (Wildman–Crippen MR) is 92.0 cm³/mol. The lowest BCUT2D eigenvalue weighted by molar-refractivity contribution is 0.0479. The molecule has 1 aliphatic heterocycles. The van der Waals surface area contributed by atoms with E-state index in [-0.39, 0.29) is 38.3 Å². The van der Waals surface area contributed by atoms with Crippen molar-refractivity contribution in [2.45, 2.75) is 18.7 Å². The highest BCUT2D eigenvalue weighted by molar-refractivity contribution is 6.31. The van der Waals surface area contributed by atoms with Gasteiger partial charge in [0.1, 0.15) is 12.4 Å². The van der Waals surface area contributed by atoms with Gasteiger partial charge in [-0.3, -0.25) is 9.48 Å². The summed E-state index contributed by atoms with van der Waals surface area (Å²) in [4.78, 5) is 12.6. The Morgan fingerprint density at radius 1 is 1.32 bits per heavy atom. The first-order valence-electron chi connectivity index (χ1n) is 7.91. The van der Waals surface area contributed by atoms with Crippen LogP contribution in [0.25, 0.3) is 10.9 Å². The van der Waals surface area contributed by atoms with Crippen LogP contribution in [0.2, 0.25) is 5.02 Å². The highest BCUT2D eigenvalue weighted by Gasteiger charge is 2.48. The van der Waals surface area contributed by atoms with Gasteiger partial charge in [-0.15, -0.1) is 5.10 Å². The summed E-state index contributed by atoms with van der Waals surface area (Å²) in [7, 11) is 0. The largest absolute Gasteiger partial charge is 0.398 e. The van der Waals surface area contributed by atoms with Gasteiger partial charge in [0, 0.05) is 21.8 Å². The topological polar surface area (TPSA) is 93.2 Å². The van der Waals surface area contributed by atoms with Crippen LogP contribution in [-0.2, 0) is 12.3 Å². The molecule has 146 valence electrons. The van der Waals surface area contributed by atoms with Crippen LogP contribution in [0.5, 0.6) is 0 Å². The molecule has 0 aliphatic carbocycles. The molecule has 0 radical (unpaired) electrons. The molecule has 1 aliphatic rings. The second kappa shape index (κ2) is 6.08. The number of nitrogens with zero attached hydrogens (tertiary/aromatic N) is 2. The standard InChI is InChI=1S/C17H11ClF4N4O2/c18-8-2-1-6(19)3-7(8)17(28)14-9(23)4-10-12(13(14)16(27)24-17)15(22)25-26(10)5-11(20)21/h1-4,11,28H,5,23H2,(H,24,27). The first kappa shape index (κ1) is 18.5.